The van der Waals surface area contributed by atoms with E-state index in [1.165, 1.54) is 24.3 Å². The second-order valence-corrected chi connectivity index (χ2v) is 5.20. The third-order valence-electron chi connectivity index (χ3n) is 3.25. The van der Waals surface area contributed by atoms with Gasteiger partial charge in [0.2, 0.25) is 0 Å². The van der Waals surface area contributed by atoms with Gasteiger partial charge >= 0.3 is 0 Å². The van der Waals surface area contributed by atoms with Gasteiger partial charge in [-0.25, -0.2) is 4.39 Å². The first-order chi connectivity index (χ1) is 9.88. The van der Waals surface area contributed by atoms with Crippen LogP contribution in [-0.4, -0.2) is 4.92 Å². The van der Waals surface area contributed by atoms with Crippen LogP contribution < -0.4 is 5.32 Å². The fraction of sp³-hybridized carbons (Fsp3) is 0.200. The normalized spacial score (nSPS) is 12.0. The van der Waals surface area contributed by atoms with Crippen molar-refractivity contribution in [1.82, 2.24) is 0 Å². The number of rotatable bonds is 4. The third kappa shape index (κ3) is 3.49. The Hall–Kier alpha value is -2.14. The molecule has 2 aromatic carbocycles. The summed E-state index contributed by atoms with van der Waals surface area (Å²) in [5.74, 6) is -0.487. The average Bonchev–Trinajstić information content (AvgIpc) is 2.43. The molecule has 0 spiro atoms. The van der Waals surface area contributed by atoms with Crippen LogP contribution in [-0.2, 0) is 0 Å². The lowest BCUT2D eigenvalue weighted by atomic mass is 10.1. The number of benzene rings is 2. The summed E-state index contributed by atoms with van der Waals surface area (Å²) >= 11 is 5.66. The highest BCUT2D eigenvalue weighted by Gasteiger charge is 2.13. The van der Waals surface area contributed by atoms with E-state index in [0.29, 0.717) is 11.3 Å². The van der Waals surface area contributed by atoms with Gasteiger partial charge in [-0.3, -0.25) is 10.1 Å². The largest absolute Gasteiger partial charge is 0.378 e. The van der Waals surface area contributed by atoms with E-state index in [9.17, 15) is 14.5 Å². The minimum absolute atomic E-state index is 0.0117. The number of hydrogen-bond acceptors (Lipinski definition) is 3. The SMILES string of the molecule is Cc1ccc([N+](=O)[O-])cc1NC(C)c1ccc(Cl)c(F)c1. The molecule has 0 aliphatic rings. The van der Waals surface area contributed by atoms with Gasteiger partial charge in [0, 0.05) is 23.9 Å². The van der Waals surface area contributed by atoms with Crippen molar-refractivity contribution in [3.8, 4) is 0 Å². The van der Waals surface area contributed by atoms with Gasteiger partial charge < -0.3 is 5.32 Å². The van der Waals surface area contributed by atoms with Crippen LogP contribution in [0.4, 0.5) is 15.8 Å². The molecule has 0 aromatic heterocycles. The predicted octanol–water partition coefficient (Wildman–Crippen LogP) is 4.87. The fourth-order valence-corrected chi connectivity index (χ4v) is 2.09. The fourth-order valence-electron chi connectivity index (χ4n) is 1.98. The lowest BCUT2D eigenvalue weighted by Crippen LogP contribution is -2.08. The quantitative estimate of drug-likeness (QED) is 0.647. The summed E-state index contributed by atoms with van der Waals surface area (Å²) in [6.45, 7) is 3.70. The van der Waals surface area contributed by atoms with E-state index in [0.717, 1.165) is 5.56 Å². The van der Waals surface area contributed by atoms with E-state index in [-0.39, 0.29) is 16.8 Å². The molecule has 1 N–H and O–H groups in total. The molecule has 21 heavy (non-hydrogen) atoms. The molecule has 0 bridgehead atoms. The van der Waals surface area contributed by atoms with Crippen molar-refractivity contribution in [2.75, 3.05) is 5.32 Å². The van der Waals surface area contributed by atoms with E-state index < -0.39 is 10.7 Å². The van der Waals surface area contributed by atoms with E-state index in [2.05, 4.69) is 5.32 Å². The van der Waals surface area contributed by atoms with Crippen LogP contribution in [0, 0.1) is 22.9 Å². The number of nitrogens with one attached hydrogen (secondary N) is 1. The minimum atomic E-state index is -0.487. The van der Waals surface area contributed by atoms with Crippen molar-refractivity contribution in [2.45, 2.75) is 19.9 Å². The van der Waals surface area contributed by atoms with Crippen LogP contribution in [0.3, 0.4) is 0 Å². The van der Waals surface area contributed by atoms with Crippen molar-refractivity contribution in [3.05, 3.63) is 68.5 Å². The maximum atomic E-state index is 13.5. The number of halogens is 2. The van der Waals surface area contributed by atoms with Crippen LogP contribution in [0.1, 0.15) is 24.1 Å². The molecule has 1 unspecified atom stereocenters. The Balaban J connectivity index is 2.26. The molecule has 0 saturated carbocycles. The monoisotopic (exact) mass is 308 g/mol. The molecule has 4 nitrogen and oxygen atoms in total. The molecular weight excluding hydrogens is 295 g/mol. The Morgan fingerprint density at radius 2 is 2.00 bits per heavy atom. The summed E-state index contributed by atoms with van der Waals surface area (Å²) in [5.41, 5.74) is 2.24. The molecule has 110 valence electrons. The Bertz CT molecular complexity index is 691. The highest BCUT2D eigenvalue weighted by Crippen LogP contribution is 2.27. The van der Waals surface area contributed by atoms with Gasteiger partial charge in [0.15, 0.2) is 0 Å². The van der Waals surface area contributed by atoms with E-state index in [1.807, 2.05) is 13.8 Å². The average molecular weight is 309 g/mol. The Morgan fingerprint density at radius 1 is 1.29 bits per heavy atom. The van der Waals surface area contributed by atoms with Crippen molar-refractivity contribution in [3.63, 3.8) is 0 Å². The first-order valence-corrected chi connectivity index (χ1v) is 6.73. The predicted molar refractivity (Wildman–Crippen MR) is 81.3 cm³/mol. The Kier molecular flexibility index (Phi) is 4.43. The summed E-state index contributed by atoms with van der Waals surface area (Å²) in [5, 5.41) is 14.0. The van der Waals surface area contributed by atoms with Gasteiger partial charge in [0.05, 0.1) is 9.95 Å². The maximum absolute atomic E-state index is 13.5. The number of aryl methyl sites for hydroxylation is 1. The zero-order valence-electron chi connectivity index (χ0n) is 11.6. The van der Waals surface area contributed by atoms with Crippen LogP contribution in [0.2, 0.25) is 5.02 Å². The molecule has 0 radical (unpaired) electrons. The molecule has 0 amide bonds. The van der Waals surface area contributed by atoms with Gasteiger partial charge in [0.25, 0.3) is 5.69 Å². The van der Waals surface area contributed by atoms with Gasteiger partial charge in [-0.2, -0.15) is 0 Å². The van der Waals surface area contributed by atoms with Gasteiger partial charge in [-0.15, -0.1) is 0 Å². The second-order valence-electron chi connectivity index (χ2n) is 4.80. The van der Waals surface area contributed by atoms with Crippen LogP contribution in [0.25, 0.3) is 0 Å². The molecule has 0 aliphatic heterocycles. The van der Waals surface area contributed by atoms with Gasteiger partial charge in [-0.05, 0) is 37.1 Å². The highest BCUT2D eigenvalue weighted by atomic mass is 35.5. The number of nitro groups is 1. The molecule has 1 atom stereocenters. The first kappa shape index (κ1) is 15.3. The van der Waals surface area contributed by atoms with Crippen molar-refractivity contribution < 1.29 is 9.31 Å². The standard InChI is InChI=1S/C15H14ClFN2O2/c1-9-3-5-12(19(20)21)8-15(9)18-10(2)11-4-6-13(16)14(17)7-11/h3-8,10,18H,1-2H3. The van der Waals surface area contributed by atoms with E-state index in [1.54, 1.807) is 12.1 Å². The van der Waals surface area contributed by atoms with Crippen molar-refractivity contribution in [2.24, 2.45) is 0 Å². The lowest BCUT2D eigenvalue weighted by molar-refractivity contribution is -0.384. The number of anilines is 1. The second kappa shape index (κ2) is 6.10. The smallest absolute Gasteiger partial charge is 0.271 e. The number of nitrogens with zero attached hydrogens (tertiary/aromatic N) is 1. The molecule has 2 rings (SSSR count). The molecule has 0 aliphatic carbocycles. The van der Waals surface area contributed by atoms with Gasteiger partial charge in [0.1, 0.15) is 5.82 Å². The molecule has 0 heterocycles. The lowest BCUT2D eigenvalue weighted by Gasteiger charge is -2.17. The third-order valence-corrected chi connectivity index (χ3v) is 3.55. The number of nitro benzene ring substituents is 1. The van der Waals surface area contributed by atoms with Crippen molar-refractivity contribution in [1.29, 1.82) is 0 Å². The number of non-ortho nitro benzene ring substituents is 1. The van der Waals surface area contributed by atoms with E-state index in [4.69, 9.17) is 11.6 Å². The molecule has 0 saturated heterocycles. The topological polar surface area (TPSA) is 55.2 Å². The van der Waals surface area contributed by atoms with Crippen LogP contribution in [0.5, 0.6) is 0 Å². The molecule has 0 fully saturated rings. The Labute approximate surface area is 126 Å². The summed E-state index contributed by atoms with van der Waals surface area (Å²) in [4.78, 5) is 10.4. The zero-order chi connectivity index (χ0) is 15.6. The zero-order valence-corrected chi connectivity index (χ0v) is 12.3. The van der Waals surface area contributed by atoms with Crippen LogP contribution >= 0.6 is 11.6 Å². The van der Waals surface area contributed by atoms with E-state index >= 15 is 0 Å². The molecule has 2 aromatic rings. The summed E-state index contributed by atoms with van der Waals surface area (Å²) in [6.07, 6.45) is 0. The Morgan fingerprint density at radius 3 is 2.62 bits per heavy atom. The van der Waals surface area contributed by atoms with Crippen LogP contribution in [0.15, 0.2) is 36.4 Å². The molecular formula is C15H14ClFN2O2. The first-order valence-electron chi connectivity index (χ1n) is 6.35. The molecule has 6 heteroatoms. The number of hydrogen-bond donors (Lipinski definition) is 1. The minimum Gasteiger partial charge on any atom is -0.378 e. The summed E-state index contributed by atoms with van der Waals surface area (Å²) < 4.78 is 13.5. The summed E-state index contributed by atoms with van der Waals surface area (Å²) in [7, 11) is 0. The van der Waals surface area contributed by atoms with Crippen molar-refractivity contribution >= 4 is 23.0 Å². The van der Waals surface area contributed by atoms with Gasteiger partial charge in [-0.1, -0.05) is 23.7 Å². The highest BCUT2D eigenvalue weighted by molar-refractivity contribution is 6.30. The maximum Gasteiger partial charge on any atom is 0.271 e. The summed E-state index contributed by atoms with van der Waals surface area (Å²) in [6, 6.07) is 8.95.